The summed E-state index contributed by atoms with van der Waals surface area (Å²) in [6.45, 7) is 4.30. The SMILES string of the molecule is COC(=O)c1ccccc1NC(=O)c1ccc2c(c1)C(O)(c1cnc3ccccc3c1)CCC2(C)C. The van der Waals surface area contributed by atoms with Crippen LogP contribution in [0.5, 0.6) is 0 Å². The first kappa shape index (κ1) is 23.7. The number of fused-ring (bicyclic) bond motifs is 2. The topological polar surface area (TPSA) is 88.5 Å². The fourth-order valence-electron chi connectivity index (χ4n) is 5.05. The molecule has 4 aromatic rings. The van der Waals surface area contributed by atoms with Gasteiger partial charge >= 0.3 is 5.97 Å². The highest BCUT2D eigenvalue weighted by Crippen LogP contribution is 2.48. The number of carbonyl (C=O) groups excluding carboxylic acids is 2. The van der Waals surface area contributed by atoms with Crippen LogP contribution in [0, 0.1) is 0 Å². The van der Waals surface area contributed by atoms with Crippen LogP contribution in [0.3, 0.4) is 0 Å². The Morgan fingerprint density at radius 3 is 2.50 bits per heavy atom. The summed E-state index contributed by atoms with van der Waals surface area (Å²) in [5, 5.41) is 15.9. The Morgan fingerprint density at radius 1 is 0.944 bits per heavy atom. The monoisotopic (exact) mass is 480 g/mol. The van der Waals surface area contributed by atoms with Gasteiger partial charge < -0.3 is 15.2 Å². The summed E-state index contributed by atoms with van der Waals surface area (Å²) in [5.74, 6) is -0.909. The van der Waals surface area contributed by atoms with E-state index in [1.165, 1.54) is 7.11 Å². The number of ether oxygens (including phenoxy) is 1. The summed E-state index contributed by atoms with van der Waals surface area (Å²) in [7, 11) is 1.30. The molecular formula is C30H28N2O4. The predicted molar refractivity (Wildman–Crippen MR) is 139 cm³/mol. The number of aromatic nitrogens is 1. The molecule has 1 aromatic heterocycles. The van der Waals surface area contributed by atoms with Gasteiger partial charge in [0.15, 0.2) is 0 Å². The molecule has 0 saturated carbocycles. The van der Waals surface area contributed by atoms with Crippen LogP contribution in [0.1, 0.15) is 64.1 Å². The maximum atomic E-state index is 13.3. The van der Waals surface area contributed by atoms with Crippen molar-refractivity contribution < 1.29 is 19.4 Å². The Morgan fingerprint density at radius 2 is 1.69 bits per heavy atom. The van der Waals surface area contributed by atoms with Gasteiger partial charge in [-0.15, -0.1) is 0 Å². The van der Waals surface area contributed by atoms with Crippen molar-refractivity contribution in [2.45, 2.75) is 37.7 Å². The smallest absolute Gasteiger partial charge is 0.339 e. The van der Waals surface area contributed by atoms with Crippen LogP contribution in [-0.4, -0.2) is 29.1 Å². The molecule has 0 spiro atoms. The average Bonchev–Trinajstić information content (AvgIpc) is 2.90. The number of anilines is 1. The van der Waals surface area contributed by atoms with E-state index in [2.05, 4.69) is 24.1 Å². The standard InChI is InChI=1S/C30H28N2O4/c1-29(2)14-15-30(35,21-16-19-8-4-6-10-25(19)31-18-21)24-17-20(12-13-23(24)29)27(33)32-26-11-7-5-9-22(26)28(34)36-3/h4-13,16-18,35H,14-15H2,1-3H3,(H,32,33). The first-order valence-corrected chi connectivity index (χ1v) is 11.9. The number of esters is 1. The molecule has 1 aliphatic rings. The molecule has 6 nitrogen and oxygen atoms in total. The highest BCUT2D eigenvalue weighted by molar-refractivity contribution is 6.08. The van der Waals surface area contributed by atoms with Crippen LogP contribution in [-0.2, 0) is 15.8 Å². The van der Waals surface area contributed by atoms with Crippen LogP contribution in [0.2, 0.25) is 0 Å². The van der Waals surface area contributed by atoms with E-state index >= 15 is 0 Å². The third-order valence-electron chi connectivity index (χ3n) is 7.22. The van der Waals surface area contributed by atoms with Gasteiger partial charge in [0, 0.05) is 22.7 Å². The van der Waals surface area contributed by atoms with Crippen molar-refractivity contribution >= 4 is 28.5 Å². The third-order valence-corrected chi connectivity index (χ3v) is 7.22. The summed E-state index contributed by atoms with van der Waals surface area (Å²) in [6, 6.07) is 21.9. The van der Waals surface area contributed by atoms with Crippen molar-refractivity contribution in [1.82, 2.24) is 4.98 Å². The van der Waals surface area contributed by atoms with Gasteiger partial charge in [-0.1, -0.05) is 50.2 Å². The first-order chi connectivity index (χ1) is 17.2. The number of hydrogen-bond acceptors (Lipinski definition) is 5. The fourth-order valence-corrected chi connectivity index (χ4v) is 5.05. The maximum Gasteiger partial charge on any atom is 0.339 e. The van der Waals surface area contributed by atoms with Crippen molar-refractivity contribution in [3.05, 3.63) is 107 Å². The van der Waals surface area contributed by atoms with E-state index < -0.39 is 11.6 Å². The number of methoxy groups -OCH3 is 1. The Hall–Kier alpha value is -4.03. The van der Waals surface area contributed by atoms with E-state index in [1.54, 1.807) is 42.6 Å². The molecule has 1 atom stereocenters. The Labute approximate surface area is 210 Å². The lowest BCUT2D eigenvalue weighted by molar-refractivity contribution is 0.0494. The molecule has 1 heterocycles. The zero-order chi connectivity index (χ0) is 25.5. The zero-order valence-electron chi connectivity index (χ0n) is 20.5. The number of nitrogens with one attached hydrogen (secondary N) is 1. The molecule has 0 bridgehead atoms. The van der Waals surface area contributed by atoms with Crippen LogP contribution in [0.4, 0.5) is 5.69 Å². The van der Waals surface area contributed by atoms with E-state index in [1.807, 2.05) is 36.4 Å². The van der Waals surface area contributed by atoms with Crippen molar-refractivity contribution in [3.63, 3.8) is 0 Å². The second-order valence-electron chi connectivity index (χ2n) is 9.91. The Balaban J connectivity index is 1.57. The Bertz CT molecular complexity index is 1490. The molecule has 1 aliphatic carbocycles. The van der Waals surface area contributed by atoms with Gasteiger partial charge in [-0.3, -0.25) is 9.78 Å². The highest BCUT2D eigenvalue weighted by atomic mass is 16.5. The minimum atomic E-state index is -1.29. The maximum absolute atomic E-state index is 13.3. The lowest BCUT2D eigenvalue weighted by Crippen LogP contribution is -2.39. The van der Waals surface area contributed by atoms with E-state index in [-0.39, 0.29) is 16.9 Å². The second-order valence-corrected chi connectivity index (χ2v) is 9.91. The minimum absolute atomic E-state index is 0.168. The second kappa shape index (κ2) is 8.88. The number of rotatable bonds is 4. The zero-order valence-corrected chi connectivity index (χ0v) is 20.5. The summed E-state index contributed by atoms with van der Waals surface area (Å²) in [5.41, 5.74) is 2.82. The van der Waals surface area contributed by atoms with Gasteiger partial charge in [-0.25, -0.2) is 4.79 Å². The highest BCUT2D eigenvalue weighted by Gasteiger charge is 2.43. The molecule has 182 valence electrons. The largest absolute Gasteiger partial charge is 0.465 e. The number of hydrogen-bond donors (Lipinski definition) is 2. The summed E-state index contributed by atoms with van der Waals surface area (Å²) < 4.78 is 4.84. The molecular weight excluding hydrogens is 452 g/mol. The number of benzene rings is 3. The number of amides is 1. The number of para-hydroxylation sites is 2. The number of aliphatic hydroxyl groups is 1. The molecule has 0 aliphatic heterocycles. The molecule has 0 saturated heterocycles. The quantitative estimate of drug-likeness (QED) is 0.372. The van der Waals surface area contributed by atoms with Crippen molar-refractivity contribution in [1.29, 1.82) is 0 Å². The summed E-state index contributed by atoms with van der Waals surface area (Å²) >= 11 is 0. The van der Waals surface area contributed by atoms with E-state index in [0.29, 0.717) is 28.8 Å². The van der Waals surface area contributed by atoms with Crippen LogP contribution in [0.25, 0.3) is 10.9 Å². The molecule has 0 radical (unpaired) electrons. The molecule has 1 amide bonds. The van der Waals surface area contributed by atoms with E-state index in [0.717, 1.165) is 22.9 Å². The summed E-state index contributed by atoms with van der Waals surface area (Å²) in [4.78, 5) is 30.0. The van der Waals surface area contributed by atoms with Gasteiger partial charge in [-0.05, 0) is 65.8 Å². The van der Waals surface area contributed by atoms with Crippen molar-refractivity contribution in [3.8, 4) is 0 Å². The van der Waals surface area contributed by atoms with Crippen LogP contribution in [0.15, 0.2) is 79.0 Å². The molecule has 0 fully saturated rings. The van der Waals surface area contributed by atoms with Gasteiger partial charge in [0.05, 0.1) is 23.9 Å². The van der Waals surface area contributed by atoms with Crippen molar-refractivity contribution in [2.75, 3.05) is 12.4 Å². The number of carbonyl (C=O) groups is 2. The van der Waals surface area contributed by atoms with Gasteiger partial charge in [0.25, 0.3) is 5.91 Å². The molecule has 5 rings (SSSR count). The number of nitrogens with zero attached hydrogens (tertiary/aromatic N) is 1. The van der Waals surface area contributed by atoms with Crippen molar-refractivity contribution in [2.24, 2.45) is 0 Å². The first-order valence-electron chi connectivity index (χ1n) is 11.9. The molecule has 36 heavy (non-hydrogen) atoms. The Kier molecular flexibility index (Phi) is 5.85. The van der Waals surface area contributed by atoms with Crippen LogP contribution >= 0.6 is 0 Å². The lowest BCUT2D eigenvalue weighted by atomic mass is 9.65. The van der Waals surface area contributed by atoms with E-state index in [4.69, 9.17) is 4.74 Å². The molecule has 3 aromatic carbocycles. The average molecular weight is 481 g/mol. The van der Waals surface area contributed by atoms with Crippen LogP contribution < -0.4 is 5.32 Å². The normalized spacial score (nSPS) is 18.3. The minimum Gasteiger partial charge on any atom is -0.465 e. The van der Waals surface area contributed by atoms with Gasteiger partial charge in [-0.2, -0.15) is 0 Å². The third kappa shape index (κ3) is 4.03. The lowest BCUT2D eigenvalue weighted by Gasteiger charge is -2.42. The molecule has 1 unspecified atom stereocenters. The predicted octanol–water partition coefficient (Wildman–Crippen LogP) is 5.58. The summed E-state index contributed by atoms with van der Waals surface area (Å²) in [6.07, 6.45) is 3.01. The van der Waals surface area contributed by atoms with Gasteiger partial charge in [0.2, 0.25) is 0 Å². The van der Waals surface area contributed by atoms with E-state index in [9.17, 15) is 14.7 Å². The number of pyridine rings is 1. The fraction of sp³-hybridized carbons (Fsp3) is 0.233. The van der Waals surface area contributed by atoms with Gasteiger partial charge in [0.1, 0.15) is 5.60 Å². The molecule has 2 N–H and O–H groups in total. The molecule has 6 heteroatoms.